The molecule has 1 aliphatic carbocycles. The van der Waals surface area contributed by atoms with Crippen LogP contribution in [0.15, 0.2) is 54.6 Å². The van der Waals surface area contributed by atoms with E-state index in [2.05, 4.69) is 5.32 Å². The summed E-state index contributed by atoms with van der Waals surface area (Å²) in [4.78, 5) is 28.2. The van der Waals surface area contributed by atoms with Gasteiger partial charge >= 0.3 is 10.2 Å². The Morgan fingerprint density at radius 3 is 2.23 bits per heavy atom. The Kier molecular flexibility index (Phi) is 9.15. The second-order valence-corrected chi connectivity index (χ2v) is 11.4. The second kappa shape index (κ2) is 11.9. The monoisotopic (exact) mass is 520 g/mol. The minimum absolute atomic E-state index is 0.0718. The zero-order valence-corrected chi connectivity index (χ0v) is 21.9. The van der Waals surface area contributed by atoms with E-state index in [1.54, 1.807) is 61.5 Å². The summed E-state index contributed by atoms with van der Waals surface area (Å²) < 4.78 is 28.3. The van der Waals surface area contributed by atoms with Gasteiger partial charge in [-0.15, -0.1) is 0 Å². The smallest absolute Gasteiger partial charge is 0.304 e. The predicted octanol–water partition coefficient (Wildman–Crippen LogP) is 3.43. The fraction of sp³-hybridized carbons (Fsp3) is 0.440. The third-order valence-corrected chi connectivity index (χ3v) is 8.42. The van der Waals surface area contributed by atoms with Crippen LogP contribution in [0.4, 0.5) is 5.69 Å². The quantitative estimate of drug-likeness (QED) is 0.519. The van der Waals surface area contributed by atoms with Crippen LogP contribution in [0.2, 0.25) is 5.02 Å². The Balaban J connectivity index is 1.91. The Morgan fingerprint density at radius 1 is 1.03 bits per heavy atom. The lowest BCUT2D eigenvalue weighted by molar-refractivity contribution is -0.139. The summed E-state index contributed by atoms with van der Waals surface area (Å²) in [7, 11) is -1.15. The molecule has 1 fully saturated rings. The molecule has 2 aromatic carbocycles. The standard InChI is InChI=1S/C25H33ClN4O4S/c1-19(25(32)27-21-12-8-9-13-21)29(17-20-11-7-10-16-23(20)26)24(31)18-30(35(33,34)28(2)3)22-14-5-4-6-15-22/h4-7,10-11,14-16,19,21H,8-9,12-13,17-18H2,1-3H3,(H,27,32)/t19-/m1/s1. The fourth-order valence-corrected chi connectivity index (χ4v) is 5.35. The molecule has 0 heterocycles. The Bertz CT molecular complexity index is 1120. The predicted molar refractivity (Wildman–Crippen MR) is 138 cm³/mol. The molecule has 2 amide bonds. The van der Waals surface area contributed by atoms with E-state index in [9.17, 15) is 18.0 Å². The minimum atomic E-state index is -3.97. The van der Waals surface area contributed by atoms with Crippen molar-refractivity contribution in [2.45, 2.75) is 51.2 Å². The number of halogens is 1. The van der Waals surface area contributed by atoms with Gasteiger partial charge in [0.05, 0.1) is 5.69 Å². The molecule has 1 saturated carbocycles. The number of amides is 2. The summed E-state index contributed by atoms with van der Waals surface area (Å²) in [6.07, 6.45) is 3.96. The number of hydrogen-bond acceptors (Lipinski definition) is 4. The molecule has 1 aliphatic rings. The maximum Gasteiger partial charge on any atom is 0.304 e. The SMILES string of the molecule is C[C@H](C(=O)NC1CCCC1)N(Cc1ccccc1Cl)C(=O)CN(c1ccccc1)S(=O)(=O)N(C)C. The lowest BCUT2D eigenvalue weighted by atomic mass is 10.1. The molecule has 0 radical (unpaired) electrons. The van der Waals surface area contributed by atoms with Crippen molar-refractivity contribution in [2.24, 2.45) is 0 Å². The van der Waals surface area contributed by atoms with E-state index in [1.807, 2.05) is 0 Å². The lowest BCUT2D eigenvalue weighted by Gasteiger charge is -2.33. The van der Waals surface area contributed by atoms with Gasteiger partial charge < -0.3 is 10.2 Å². The van der Waals surface area contributed by atoms with Crippen molar-refractivity contribution < 1.29 is 18.0 Å². The third kappa shape index (κ3) is 6.74. The largest absolute Gasteiger partial charge is 0.352 e. The van der Waals surface area contributed by atoms with Crippen molar-refractivity contribution in [3.8, 4) is 0 Å². The zero-order chi connectivity index (χ0) is 25.6. The topological polar surface area (TPSA) is 90.0 Å². The molecule has 2 aromatic rings. The molecule has 35 heavy (non-hydrogen) atoms. The average Bonchev–Trinajstić information content (AvgIpc) is 3.34. The summed E-state index contributed by atoms with van der Waals surface area (Å²) in [5, 5.41) is 3.51. The number of para-hydroxylation sites is 1. The molecule has 1 N–H and O–H groups in total. The van der Waals surface area contributed by atoms with Crippen molar-refractivity contribution in [2.75, 3.05) is 24.9 Å². The number of benzene rings is 2. The summed E-state index contributed by atoms with van der Waals surface area (Å²) >= 11 is 6.36. The molecule has 1 atom stereocenters. The van der Waals surface area contributed by atoms with Crippen molar-refractivity contribution in [1.29, 1.82) is 0 Å². The van der Waals surface area contributed by atoms with Gasteiger partial charge in [0.2, 0.25) is 11.8 Å². The van der Waals surface area contributed by atoms with E-state index < -0.39 is 28.7 Å². The number of nitrogens with zero attached hydrogens (tertiary/aromatic N) is 3. The van der Waals surface area contributed by atoms with Gasteiger partial charge in [0.1, 0.15) is 12.6 Å². The first-order chi connectivity index (χ1) is 16.6. The molecule has 3 rings (SSSR count). The number of hydrogen-bond donors (Lipinski definition) is 1. The van der Waals surface area contributed by atoms with Gasteiger partial charge in [-0.25, -0.2) is 4.31 Å². The van der Waals surface area contributed by atoms with Crippen LogP contribution in [0.1, 0.15) is 38.2 Å². The van der Waals surface area contributed by atoms with Crippen LogP contribution in [0.3, 0.4) is 0 Å². The average molecular weight is 521 g/mol. The van der Waals surface area contributed by atoms with Crippen LogP contribution in [0.5, 0.6) is 0 Å². The van der Waals surface area contributed by atoms with Gasteiger partial charge in [0.25, 0.3) is 0 Å². The van der Waals surface area contributed by atoms with Gasteiger partial charge in [-0.2, -0.15) is 12.7 Å². The first-order valence-electron chi connectivity index (χ1n) is 11.7. The first-order valence-corrected chi connectivity index (χ1v) is 13.5. The number of nitrogens with one attached hydrogen (secondary N) is 1. The van der Waals surface area contributed by atoms with Gasteiger partial charge in [-0.1, -0.05) is 60.8 Å². The first kappa shape index (κ1) is 27.0. The van der Waals surface area contributed by atoms with Crippen LogP contribution in [-0.4, -0.2) is 62.2 Å². The molecule has 0 saturated heterocycles. The van der Waals surface area contributed by atoms with Crippen molar-refractivity contribution >= 4 is 39.3 Å². The van der Waals surface area contributed by atoms with Crippen LogP contribution < -0.4 is 9.62 Å². The lowest BCUT2D eigenvalue weighted by Crippen LogP contribution is -2.53. The van der Waals surface area contributed by atoms with Crippen LogP contribution in [0.25, 0.3) is 0 Å². The highest BCUT2D eigenvalue weighted by Gasteiger charge is 2.33. The van der Waals surface area contributed by atoms with Crippen LogP contribution in [0, 0.1) is 0 Å². The van der Waals surface area contributed by atoms with E-state index in [1.165, 1.54) is 19.0 Å². The second-order valence-electron chi connectivity index (χ2n) is 8.91. The van der Waals surface area contributed by atoms with Gasteiger partial charge in [-0.3, -0.25) is 9.59 Å². The minimum Gasteiger partial charge on any atom is -0.352 e. The number of carbonyl (C=O) groups is 2. The van der Waals surface area contributed by atoms with E-state index >= 15 is 0 Å². The zero-order valence-electron chi connectivity index (χ0n) is 20.4. The number of anilines is 1. The third-order valence-electron chi connectivity index (χ3n) is 6.23. The van der Waals surface area contributed by atoms with Crippen LogP contribution >= 0.6 is 11.6 Å². The van der Waals surface area contributed by atoms with Crippen molar-refractivity contribution in [3.05, 3.63) is 65.2 Å². The van der Waals surface area contributed by atoms with Gasteiger partial charge in [0, 0.05) is 31.7 Å². The highest BCUT2D eigenvalue weighted by atomic mass is 35.5. The molecule has 0 aromatic heterocycles. The molecule has 0 bridgehead atoms. The maximum atomic E-state index is 13.7. The molecule has 10 heteroatoms. The molecule has 0 spiro atoms. The molecule has 8 nitrogen and oxygen atoms in total. The molecular weight excluding hydrogens is 488 g/mol. The summed E-state index contributed by atoms with van der Waals surface area (Å²) in [6, 6.07) is 14.8. The fourth-order valence-electron chi connectivity index (χ4n) is 4.10. The maximum absolute atomic E-state index is 13.7. The molecule has 0 unspecified atom stereocenters. The van der Waals surface area contributed by atoms with E-state index in [4.69, 9.17) is 11.6 Å². The van der Waals surface area contributed by atoms with E-state index in [0.717, 1.165) is 34.3 Å². The summed E-state index contributed by atoms with van der Waals surface area (Å²) in [6.45, 7) is 1.27. The molecular formula is C25H33ClN4O4S. The normalized spacial score (nSPS) is 15.1. The summed E-state index contributed by atoms with van der Waals surface area (Å²) in [5.74, 6) is -0.771. The Hall–Kier alpha value is -2.62. The number of rotatable bonds is 10. The highest BCUT2D eigenvalue weighted by Crippen LogP contribution is 2.23. The molecule has 0 aliphatic heterocycles. The Labute approximate surface area is 213 Å². The highest BCUT2D eigenvalue weighted by molar-refractivity contribution is 7.90. The summed E-state index contributed by atoms with van der Waals surface area (Å²) in [5.41, 5.74) is 1.03. The van der Waals surface area contributed by atoms with Gasteiger partial charge in [0.15, 0.2) is 0 Å². The van der Waals surface area contributed by atoms with E-state index in [0.29, 0.717) is 16.3 Å². The van der Waals surface area contributed by atoms with E-state index in [-0.39, 0.29) is 18.5 Å². The Morgan fingerprint density at radius 2 is 1.63 bits per heavy atom. The van der Waals surface area contributed by atoms with Crippen molar-refractivity contribution in [3.63, 3.8) is 0 Å². The van der Waals surface area contributed by atoms with Gasteiger partial charge in [-0.05, 0) is 43.5 Å². The molecule has 190 valence electrons. The van der Waals surface area contributed by atoms with Crippen LogP contribution in [-0.2, 0) is 26.3 Å². The number of carbonyl (C=O) groups excluding carboxylic acids is 2. The van der Waals surface area contributed by atoms with Crippen molar-refractivity contribution in [1.82, 2.24) is 14.5 Å².